The van der Waals surface area contributed by atoms with Gasteiger partial charge in [-0.3, -0.25) is 0 Å². The zero-order chi connectivity index (χ0) is 21.1. The number of halogens is 1. The third-order valence-electron chi connectivity index (χ3n) is 4.62. The number of ether oxygens (including phenoxy) is 1. The molecule has 0 saturated heterocycles. The summed E-state index contributed by atoms with van der Waals surface area (Å²) < 4.78 is 30.4. The Morgan fingerprint density at radius 2 is 1.53 bits per heavy atom. The van der Waals surface area contributed by atoms with Crippen LogP contribution in [0.2, 0.25) is 5.02 Å². The van der Waals surface area contributed by atoms with Gasteiger partial charge in [0.25, 0.3) is 0 Å². The van der Waals surface area contributed by atoms with Crippen molar-refractivity contribution in [3.05, 3.63) is 88.8 Å². The molecule has 0 aliphatic carbocycles. The van der Waals surface area contributed by atoms with Crippen LogP contribution in [0, 0.1) is 0 Å². The molecule has 0 spiro atoms. The standard InChI is InChI=1S/C23H18ClNO3S2/c1-28-20-10-6-17(7-11-20)22-14-29-23(25-22)18-4-2-16(3-5-18)15-30(26,27)21-12-8-19(24)9-13-21/h2-14H,15H2,1H3. The van der Waals surface area contributed by atoms with E-state index in [0.717, 1.165) is 33.1 Å². The van der Waals surface area contributed by atoms with E-state index in [1.54, 1.807) is 30.6 Å². The highest BCUT2D eigenvalue weighted by atomic mass is 35.5. The van der Waals surface area contributed by atoms with Crippen LogP contribution >= 0.6 is 22.9 Å². The molecule has 0 radical (unpaired) electrons. The largest absolute Gasteiger partial charge is 0.497 e. The van der Waals surface area contributed by atoms with Crippen LogP contribution in [0.1, 0.15) is 5.56 Å². The van der Waals surface area contributed by atoms with E-state index in [2.05, 4.69) is 0 Å². The van der Waals surface area contributed by atoms with Gasteiger partial charge in [0.2, 0.25) is 0 Å². The number of thiazole rings is 1. The maximum atomic E-state index is 12.6. The molecule has 3 aromatic carbocycles. The third kappa shape index (κ3) is 4.56. The number of aromatic nitrogens is 1. The van der Waals surface area contributed by atoms with E-state index in [-0.39, 0.29) is 10.6 Å². The second kappa shape index (κ2) is 8.60. The molecule has 0 aliphatic heterocycles. The minimum absolute atomic E-state index is 0.0656. The van der Waals surface area contributed by atoms with Crippen LogP contribution in [0.25, 0.3) is 21.8 Å². The van der Waals surface area contributed by atoms with E-state index in [1.807, 2.05) is 53.9 Å². The topological polar surface area (TPSA) is 56.3 Å². The smallest absolute Gasteiger partial charge is 0.182 e. The molecule has 1 heterocycles. The van der Waals surface area contributed by atoms with Gasteiger partial charge in [0.05, 0.1) is 23.5 Å². The number of hydrogen-bond donors (Lipinski definition) is 0. The molecule has 152 valence electrons. The zero-order valence-electron chi connectivity index (χ0n) is 16.1. The van der Waals surface area contributed by atoms with Crippen molar-refractivity contribution in [2.45, 2.75) is 10.6 Å². The van der Waals surface area contributed by atoms with Crippen molar-refractivity contribution < 1.29 is 13.2 Å². The maximum Gasteiger partial charge on any atom is 0.182 e. The SMILES string of the molecule is COc1ccc(-c2csc(-c3ccc(CS(=O)(=O)c4ccc(Cl)cc4)cc3)n2)cc1. The fraction of sp³-hybridized carbons (Fsp3) is 0.0870. The third-order valence-corrected chi connectivity index (χ3v) is 7.47. The normalized spacial score (nSPS) is 11.4. The molecule has 0 saturated carbocycles. The number of nitrogens with zero attached hydrogens (tertiary/aromatic N) is 1. The van der Waals surface area contributed by atoms with Gasteiger partial charge in [-0.15, -0.1) is 11.3 Å². The molecule has 0 atom stereocenters. The lowest BCUT2D eigenvalue weighted by molar-refractivity contribution is 0.415. The second-order valence-electron chi connectivity index (χ2n) is 6.68. The van der Waals surface area contributed by atoms with Crippen LogP contribution in [0.3, 0.4) is 0 Å². The Morgan fingerprint density at radius 1 is 0.900 bits per heavy atom. The van der Waals surface area contributed by atoms with Gasteiger partial charge in [-0.1, -0.05) is 35.9 Å². The number of methoxy groups -OCH3 is 1. The number of sulfone groups is 1. The molecular weight excluding hydrogens is 438 g/mol. The van der Waals surface area contributed by atoms with E-state index >= 15 is 0 Å². The molecule has 30 heavy (non-hydrogen) atoms. The molecule has 0 aliphatic rings. The summed E-state index contributed by atoms with van der Waals surface area (Å²) in [7, 11) is -1.79. The molecular formula is C23H18ClNO3S2. The lowest BCUT2D eigenvalue weighted by Crippen LogP contribution is -2.04. The predicted molar refractivity (Wildman–Crippen MR) is 122 cm³/mol. The number of benzene rings is 3. The van der Waals surface area contributed by atoms with Crippen molar-refractivity contribution in [2.75, 3.05) is 7.11 Å². The van der Waals surface area contributed by atoms with Crippen molar-refractivity contribution in [3.8, 4) is 27.6 Å². The lowest BCUT2D eigenvalue weighted by atomic mass is 10.1. The van der Waals surface area contributed by atoms with Gasteiger partial charge in [-0.25, -0.2) is 13.4 Å². The number of hydrogen-bond acceptors (Lipinski definition) is 5. The van der Waals surface area contributed by atoms with Crippen molar-refractivity contribution in [1.82, 2.24) is 4.98 Å². The first kappa shape index (κ1) is 20.6. The molecule has 0 amide bonds. The van der Waals surface area contributed by atoms with Gasteiger partial charge < -0.3 is 4.74 Å². The maximum absolute atomic E-state index is 12.6. The molecule has 0 bridgehead atoms. The highest BCUT2D eigenvalue weighted by Crippen LogP contribution is 2.30. The van der Waals surface area contributed by atoms with Crippen molar-refractivity contribution in [2.24, 2.45) is 0 Å². The van der Waals surface area contributed by atoms with Gasteiger partial charge >= 0.3 is 0 Å². The van der Waals surface area contributed by atoms with Crippen LogP contribution in [0.15, 0.2) is 83.1 Å². The molecule has 0 N–H and O–H groups in total. The molecule has 0 fully saturated rings. The van der Waals surface area contributed by atoms with Crippen molar-refractivity contribution in [3.63, 3.8) is 0 Å². The fourth-order valence-electron chi connectivity index (χ4n) is 2.99. The van der Waals surface area contributed by atoms with Gasteiger partial charge in [0.1, 0.15) is 10.8 Å². The first-order valence-corrected chi connectivity index (χ1v) is 12.0. The first-order chi connectivity index (χ1) is 14.4. The van der Waals surface area contributed by atoms with E-state index < -0.39 is 9.84 Å². The summed E-state index contributed by atoms with van der Waals surface area (Å²) in [6, 6.07) is 21.5. The Balaban J connectivity index is 1.51. The van der Waals surface area contributed by atoms with Crippen molar-refractivity contribution >= 4 is 32.8 Å². The van der Waals surface area contributed by atoms with E-state index in [9.17, 15) is 8.42 Å². The van der Waals surface area contributed by atoms with E-state index in [4.69, 9.17) is 21.3 Å². The second-order valence-corrected chi connectivity index (χ2v) is 9.96. The monoisotopic (exact) mass is 455 g/mol. The average molecular weight is 456 g/mol. The average Bonchev–Trinajstić information content (AvgIpc) is 3.25. The molecule has 0 unspecified atom stereocenters. The zero-order valence-corrected chi connectivity index (χ0v) is 18.5. The van der Waals surface area contributed by atoms with Crippen LogP contribution in [-0.2, 0) is 15.6 Å². The van der Waals surface area contributed by atoms with Gasteiger partial charge in [-0.05, 0) is 54.1 Å². The van der Waals surface area contributed by atoms with Gasteiger partial charge in [-0.2, -0.15) is 0 Å². The summed E-state index contributed by atoms with van der Waals surface area (Å²) in [4.78, 5) is 4.98. The van der Waals surface area contributed by atoms with E-state index in [1.165, 1.54) is 12.1 Å². The molecule has 7 heteroatoms. The molecule has 4 rings (SSSR count). The summed E-state index contributed by atoms with van der Waals surface area (Å²) in [5.41, 5.74) is 3.59. The Bertz CT molecular complexity index is 1250. The van der Waals surface area contributed by atoms with Crippen LogP contribution in [-0.4, -0.2) is 20.5 Å². The Kier molecular flexibility index (Phi) is 5.90. The van der Waals surface area contributed by atoms with Gasteiger partial charge in [0.15, 0.2) is 9.84 Å². The fourth-order valence-corrected chi connectivity index (χ4v) is 5.30. The summed E-state index contributed by atoms with van der Waals surface area (Å²) in [5, 5.41) is 3.40. The highest BCUT2D eigenvalue weighted by molar-refractivity contribution is 7.90. The molecule has 4 aromatic rings. The summed E-state index contributed by atoms with van der Waals surface area (Å²) in [6.07, 6.45) is 0. The first-order valence-electron chi connectivity index (χ1n) is 9.12. The highest BCUT2D eigenvalue weighted by Gasteiger charge is 2.15. The minimum atomic E-state index is -3.43. The van der Waals surface area contributed by atoms with Crippen LogP contribution < -0.4 is 4.74 Å². The summed E-state index contributed by atoms with van der Waals surface area (Å²) >= 11 is 7.40. The molecule has 4 nitrogen and oxygen atoms in total. The Morgan fingerprint density at radius 3 is 2.17 bits per heavy atom. The quantitative estimate of drug-likeness (QED) is 0.351. The van der Waals surface area contributed by atoms with E-state index in [0.29, 0.717) is 5.02 Å². The molecule has 1 aromatic heterocycles. The van der Waals surface area contributed by atoms with Crippen molar-refractivity contribution in [1.29, 1.82) is 0 Å². The summed E-state index contributed by atoms with van der Waals surface area (Å²) in [6.45, 7) is 0. The lowest BCUT2D eigenvalue weighted by Gasteiger charge is -2.06. The predicted octanol–water partition coefficient (Wildman–Crippen LogP) is 6.11. The minimum Gasteiger partial charge on any atom is -0.497 e. The number of rotatable bonds is 6. The van der Waals surface area contributed by atoms with Crippen LogP contribution in [0.4, 0.5) is 0 Å². The van der Waals surface area contributed by atoms with Gasteiger partial charge in [0, 0.05) is 21.5 Å². The van der Waals surface area contributed by atoms with Crippen LogP contribution in [0.5, 0.6) is 5.75 Å². The Labute approximate surface area is 184 Å². The Hall–Kier alpha value is -2.67. The summed E-state index contributed by atoms with van der Waals surface area (Å²) in [5.74, 6) is 0.738.